The van der Waals surface area contributed by atoms with E-state index in [1.54, 1.807) is 0 Å². The molecule has 0 spiro atoms. The van der Waals surface area contributed by atoms with Crippen LogP contribution in [0.1, 0.15) is 103 Å². The van der Waals surface area contributed by atoms with Gasteiger partial charge < -0.3 is 5.32 Å². The SMILES string of the molecule is CC(C)(C)c1ccc(Nc2ccc3c(c2)-c2ccccc2C3(C)C)c(-c2ccc3c(c2)C(C)(C)CCC3(C)C)c1. The van der Waals surface area contributed by atoms with Gasteiger partial charge in [0, 0.05) is 22.4 Å². The molecule has 0 radical (unpaired) electrons. The van der Waals surface area contributed by atoms with Gasteiger partial charge in [-0.15, -0.1) is 0 Å². The van der Waals surface area contributed by atoms with E-state index in [9.17, 15) is 0 Å². The molecule has 0 saturated carbocycles. The lowest BCUT2D eigenvalue weighted by Gasteiger charge is -2.42. The van der Waals surface area contributed by atoms with Gasteiger partial charge in [-0.2, -0.15) is 0 Å². The van der Waals surface area contributed by atoms with Gasteiger partial charge in [-0.1, -0.05) is 117 Å². The third-order valence-electron chi connectivity index (χ3n) is 9.91. The van der Waals surface area contributed by atoms with E-state index in [0.717, 1.165) is 11.4 Å². The van der Waals surface area contributed by atoms with Gasteiger partial charge in [0.15, 0.2) is 0 Å². The average molecular weight is 528 g/mol. The minimum absolute atomic E-state index is 0.0215. The molecule has 1 nitrogen and oxygen atoms in total. The van der Waals surface area contributed by atoms with Crippen LogP contribution >= 0.6 is 0 Å². The van der Waals surface area contributed by atoms with Crippen molar-refractivity contribution in [3.8, 4) is 22.3 Å². The summed E-state index contributed by atoms with van der Waals surface area (Å²) in [6, 6.07) is 30.1. The van der Waals surface area contributed by atoms with Gasteiger partial charge in [-0.25, -0.2) is 0 Å². The quantitative estimate of drug-likeness (QED) is 0.279. The largest absolute Gasteiger partial charge is 0.355 e. The number of hydrogen-bond acceptors (Lipinski definition) is 1. The summed E-state index contributed by atoms with van der Waals surface area (Å²) in [5.41, 5.74) is 15.2. The standard InChI is InChI=1S/C39H45N/c1-36(2,3)26-15-19-35(29(23-26)25-14-17-33-34(22-25)38(6,7)21-20-37(33,4)5)40-27-16-18-32-30(24-27)28-12-10-11-13-31(28)39(32,8)9/h10-19,22-24,40H,20-21H2,1-9H3. The van der Waals surface area contributed by atoms with Gasteiger partial charge >= 0.3 is 0 Å². The summed E-state index contributed by atoms with van der Waals surface area (Å²) in [4.78, 5) is 0. The fraction of sp³-hybridized carbons (Fsp3) is 0.385. The lowest BCUT2D eigenvalue weighted by Crippen LogP contribution is -2.33. The minimum atomic E-state index is 0.0215. The van der Waals surface area contributed by atoms with Crippen LogP contribution in [-0.2, 0) is 21.7 Å². The summed E-state index contributed by atoms with van der Waals surface area (Å²) in [6.45, 7) is 21.2. The summed E-state index contributed by atoms with van der Waals surface area (Å²) in [7, 11) is 0. The lowest BCUT2D eigenvalue weighted by atomic mass is 9.63. The van der Waals surface area contributed by atoms with Crippen molar-refractivity contribution < 1.29 is 0 Å². The molecule has 0 unspecified atom stereocenters. The molecular weight excluding hydrogens is 482 g/mol. The fourth-order valence-electron chi connectivity index (χ4n) is 7.07. The van der Waals surface area contributed by atoms with E-state index in [1.165, 1.54) is 62.9 Å². The van der Waals surface area contributed by atoms with Gasteiger partial charge in [0.2, 0.25) is 0 Å². The molecule has 1 heteroatoms. The molecule has 4 aromatic carbocycles. The Bertz CT molecular complexity index is 1620. The Hall–Kier alpha value is -3.32. The first-order valence-corrected chi connectivity index (χ1v) is 15.0. The van der Waals surface area contributed by atoms with E-state index in [-0.39, 0.29) is 21.7 Å². The van der Waals surface area contributed by atoms with Crippen molar-refractivity contribution in [2.45, 2.75) is 96.8 Å². The molecule has 4 aromatic rings. The molecular formula is C39H45N. The highest BCUT2D eigenvalue weighted by atomic mass is 14.9. The molecule has 0 amide bonds. The van der Waals surface area contributed by atoms with Crippen molar-refractivity contribution in [3.05, 3.63) is 107 Å². The summed E-state index contributed by atoms with van der Waals surface area (Å²) >= 11 is 0. The van der Waals surface area contributed by atoms with Crippen molar-refractivity contribution in [3.63, 3.8) is 0 Å². The number of benzene rings is 4. The average Bonchev–Trinajstić information content (AvgIpc) is 3.13. The first kappa shape index (κ1) is 26.9. The second-order valence-corrected chi connectivity index (χ2v) is 15.1. The number of anilines is 2. The highest BCUT2D eigenvalue weighted by Gasteiger charge is 2.37. The van der Waals surface area contributed by atoms with Crippen LogP contribution in [0.15, 0.2) is 78.9 Å². The molecule has 0 aliphatic heterocycles. The van der Waals surface area contributed by atoms with E-state index in [4.69, 9.17) is 0 Å². The summed E-state index contributed by atoms with van der Waals surface area (Å²) in [5, 5.41) is 3.85. The first-order chi connectivity index (χ1) is 18.7. The van der Waals surface area contributed by atoms with Gasteiger partial charge in [-0.3, -0.25) is 0 Å². The molecule has 0 atom stereocenters. The van der Waals surface area contributed by atoms with E-state index in [2.05, 4.69) is 146 Å². The van der Waals surface area contributed by atoms with E-state index >= 15 is 0 Å². The fourth-order valence-corrected chi connectivity index (χ4v) is 7.07. The van der Waals surface area contributed by atoms with Crippen molar-refractivity contribution >= 4 is 11.4 Å². The molecule has 40 heavy (non-hydrogen) atoms. The Kier molecular flexibility index (Phi) is 5.94. The molecule has 1 N–H and O–H groups in total. The lowest BCUT2D eigenvalue weighted by molar-refractivity contribution is 0.332. The normalized spacial score (nSPS) is 18.0. The number of hydrogen-bond donors (Lipinski definition) is 1. The topological polar surface area (TPSA) is 12.0 Å². The maximum absolute atomic E-state index is 3.85. The van der Waals surface area contributed by atoms with E-state index in [0.29, 0.717) is 0 Å². The zero-order valence-corrected chi connectivity index (χ0v) is 25.9. The van der Waals surface area contributed by atoms with Crippen molar-refractivity contribution in [2.24, 2.45) is 0 Å². The number of rotatable bonds is 3. The zero-order chi connectivity index (χ0) is 28.7. The van der Waals surface area contributed by atoms with Crippen LogP contribution in [0.3, 0.4) is 0 Å². The Morgan fingerprint density at radius 3 is 1.95 bits per heavy atom. The molecule has 0 saturated heterocycles. The molecule has 0 heterocycles. The molecule has 2 aliphatic carbocycles. The first-order valence-electron chi connectivity index (χ1n) is 15.0. The molecule has 0 bridgehead atoms. The maximum atomic E-state index is 3.85. The maximum Gasteiger partial charge on any atom is 0.0464 e. The third kappa shape index (κ3) is 4.30. The van der Waals surface area contributed by atoms with Crippen molar-refractivity contribution in [1.29, 1.82) is 0 Å². The van der Waals surface area contributed by atoms with Gasteiger partial charge in [0.25, 0.3) is 0 Å². The molecule has 6 rings (SSSR count). The third-order valence-corrected chi connectivity index (χ3v) is 9.91. The van der Waals surface area contributed by atoms with Gasteiger partial charge in [0.05, 0.1) is 0 Å². The Labute approximate surface area is 242 Å². The van der Waals surface area contributed by atoms with Crippen LogP contribution in [0.5, 0.6) is 0 Å². The van der Waals surface area contributed by atoms with Crippen molar-refractivity contribution in [1.82, 2.24) is 0 Å². The van der Waals surface area contributed by atoms with Crippen LogP contribution in [0.2, 0.25) is 0 Å². The van der Waals surface area contributed by atoms with Gasteiger partial charge in [0.1, 0.15) is 0 Å². The van der Waals surface area contributed by atoms with Crippen LogP contribution in [0.25, 0.3) is 22.3 Å². The Morgan fingerprint density at radius 2 is 1.23 bits per heavy atom. The van der Waals surface area contributed by atoms with Crippen LogP contribution < -0.4 is 5.32 Å². The smallest absolute Gasteiger partial charge is 0.0464 e. The zero-order valence-electron chi connectivity index (χ0n) is 25.9. The van der Waals surface area contributed by atoms with Crippen LogP contribution in [-0.4, -0.2) is 0 Å². The second-order valence-electron chi connectivity index (χ2n) is 15.1. The summed E-state index contributed by atoms with van der Waals surface area (Å²) in [5.74, 6) is 0. The predicted octanol–water partition coefficient (Wildman–Crippen LogP) is 11.0. The van der Waals surface area contributed by atoms with E-state index < -0.39 is 0 Å². The second kappa shape index (κ2) is 8.84. The summed E-state index contributed by atoms with van der Waals surface area (Å²) in [6.07, 6.45) is 2.45. The Morgan fingerprint density at radius 1 is 0.575 bits per heavy atom. The van der Waals surface area contributed by atoms with E-state index in [1.807, 2.05) is 0 Å². The molecule has 0 fully saturated rings. The monoisotopic (exact) mass is 527 g/mol. The summed E-state index contributed by atoms with van der Waals surface area (Å²) < 4.78 is 0. The number of nitrogens with one attached hydrogen (secondary N) is 1. The number of fused-ring (bicyclic) bond motifs is 4. The predicted molar refractivity (Wildman–Crippen MR) is 173 cm³/mol. The molecule has 2 aliphatic rings. The highest BCUT2D eigenvalue weighted by molar-refractivity contribution is 5.86. The Balaban J connectivity index is 1.47. The van der Waals surface area contributed by atoms with Crippen LogP contribution in [0.4, 0.5) is 11.4 Å². The highest BCUT2D eigenvalue weighted by Crippen LogP contribution is 2.50. The van der Waals surface area contributed by atoms with Crippen LogP contribution in [0, 0.1) is 0 Å². The van der Waals surface area contributed by atoms with Crippen molar-refractivity contribution in [2.75, 3.05) is 5.32 Å². The molecule has 206 valence electrons. The van der Waals surface area contributed by atoms with Gasteiger partial charge in [-0.05, 0) is 97.9 Å². The molecule has 0 aromatic heterocycles. The minimum Gasteiger partial charge on any atom is -0.355 e.